The van der Waals surface area contributed by atoms with Gasteiger partial charge >= 0.3 is 6.36 Å². The first-order valence-electron chi connectivity index (χ1n) is 6.18. The van der Waals surface area contributed by atoms with E-state index in [1.165, 1.54) is 31.4 Å². The van der Waals surface area contributed by atoms with Crippen molar-refractivity contribution in [1.29, 1.82) is 0 Å². The number of amides is 1. The molecule has 1 aromatic rings. The average Bonchev–Trinajstić information content (AvgIpc) is 2.36. The van der Waals surface area contributed by atoms with Crippen molar-refractivity contribution in [2.75, 3.05) is 25.6 Å². The van der Waals surface area contributed by atoms with E-state index in [9.17, 15) is 18.0 Å². The van der Waals surface area contributed by atoms with Gasteiger partial charge in [0, 0.05) is 13.2 Å². The number of methoxy groups -OCH3 is 1. The summed E-state index contributed by atoms with van der Waals surface area (Å²) in [7, 11) is 1.51. The topological polar surface area (TPSA) is 59.6 Å². The van der Waals surface area contributed by atoms with Gasteiger partial charge in [0.25, 0.3) is 0 Å². The lowest BCUT2D eigenvalue weighted by atomic mass is 10.3. The molecule has 2 N–H and O–H groups in total. The SMILES string of the molecule is COCC(C)NC(=O)CNc1ccccc1OC(F)(F)F. The Morgan fingerprint density at radius 2 is 2.00 bits per heavy atom. The Hall–Kier alpha value is -1.96. The summed E-state index contributed by atoms with van der Waals surface area (Å²) < 4.78 is 45.4. The van der Waals surface area contributed by atoms with Crippen molar-refractivity contribution in [3.8, 4) is 5.75 Å². The number of carbonyl (C=O) groups excluding carboxylic acids is 1. The molecule has 0 bridgehead atoms. The largest absolute Gasteiger partial charge is 0.573 e. The van der Waals surface area contributed by atoms with Crippen molar-refractivity contribution >= 4 is 11.6 Å². The summed E-state index contributed by atoms with van der Waals surface area (Å²) in [5.41, 5.74) is 0.0874. The fraction of sp³-hybridized carbons (Fsp3) is 0.462. The molecule has 1 unspecified atom stereocenters. The lowest BCUT2D eigenvalue weighted by Crippen LogP contribution is -2.39. The van der Waals surface area contributed by atoms with E-state index in [0.717, 1.165) is 0 Å². The maximum atomic E-state index is 12.2. The number of hydrogen-bond acceptors (Lipinski definition) is 4. The molecule has 0 saturated heterocycles. The predicted octanol–water partition coefficient (Wildman–Crippen LogP) is 2.15. The molecule has 0 saturated carbocycles. The number of hydrogen-bond donors (Lipinski definition) is 2. The zero-order valence-electron chi connectivity index (χ0n) is 11.7. The second-order valence-electron chi connectivity index (χ2n) is 4.32. The maximum absolute atomic E-state index is 12.2. The highest BCUT2D eigenvalue weighted by Crippen LogP contribution is 2.29. The fourth-order valence-electron chi connectivity index (χ4n) is 1.62. The molecule has 0 heterocycles. The lowest BCUT2D eigenvalue weighted by Gasteiger charge is -2.16. The van der Waals surface area contributed by atoms with Gasteiger partial charge in [-0.3, -0.25) is 4.79 Å². The standard InChI is InChI=1S/C13H17F3N2O3/c1-9(8-20-2)18-12(19)7-17-10-5-3-4-6-11(10)21-13(14,15)16/h3-6,9,17H,7-8H2,1-2H3,(H,18,19). The summed E-state index contributed by atoms with van der Waals surface area (Å²) in [6.07, 6.45) is -4.78. The normalized spacial score (nSPS) is 12.6. The Labute approximate surface area is 120 Å². The first-order valence-corrected chi connectivity index (χ1v) is 6.18. The van der Waals surface area contributed by atoms with Gasteiger partial charge < -0.3 is 20.1 Å². The van der Waals surface area contributed by atoms with Crippen LogP contribution in [0.25, 0.3) is 0 Å². The van der Waals surface area contributed by atoms with Crippen LogP contribution in [0.15, 0.2) is 24.3 Å². The van der Waals surface area contributed by atoms with Crippen LogP contribution in [0.2, 0.25) is 0 Å². The Morgan fingerprint density at radius 3 is 2.62 bits per heavy atom. The number of halogens is 3. The molecule has 0 spiro atoms. The van der Waals surface area contributed by atoms with Crippen LogP contribution in [0.1, 0.15) is 6.92 Å². The second-order valence-corrected chi connectivity index (χ2v) is 4.32. The van der Waals surface area contributed by atoms with Crippen LogP contribution >= 0.6 is 0 Å². The van der Waals surface area contributed by atoms with Gasteiger partial charge in [0.1, 0.15) is 0 Å². The third-order valence-corrected chi connectivity index (χ3v) is 2.38. The molecule has 8 heteroatoms. The highest BCUT2D eigenvalue weighted by atomic mass is 19.4. The summed E-state index contributed by atoms with van der Waals surface area (Å²) >= 11 is 0. The molecule has 0 aliphatic rings. The van der Waals surface area contributed by atoms with Crippen LogP contribution in [0.3, 0.4) is 0 Å². The maximum Gasteiger partial charge on any atom is 0.573 e. The average molecular weight is 306 g/mol. The number of carbonyl (C=O) groups is 1. The van der Waals surface area contributed by atoms with E-state index < -0.39 is 6.36 Å². The fourth-order valence-corrected chi connectivity index (χ4v) is 1.62. The summed E-state index contributed by atoms with van der Waals surface area (Å²) in [4.78, 5) is 11.6. The smallest absolute Gasteiger partial charge is 0.404 e. The minimum Gasteiger partial charge on any atom is -0.404 e. The Balaban J connectivity index is 2.57. The van der Waals surface area contributed by atoms with Gasteiger partial charge in [-0.05, 0) is 19.1 Å². The van der Waals surface area contributed by atoms with Gasteiger partial charge in [-0.15, -0.1) is 13.2 Å². The number of nitrogens with one attached hydrogen (secondary N) is 2. The third-order valence-electron chi connectivity index (χ3n) is 2.38. The number of rotatable bonds is 7. The number of alkyl halides is 3. The summed E-state index contributed by atoms with van der Waals surface area (Å²) in [6, 6.07) is 5.32. The van der Waals surface area contributed by atoms with E-state index in [4.69, 9.17) is 4.74 Å². The zero-order chi connectivity index (χ0) is 15.9. The molecule has 118 valence electrons. The van der Waals surface area contributed by atoms with Crippen molar-refractivity contribution in [1.82, 2.24) is 5.32 Å². The van der Waals surface area contributed by atoms with Gasteiger partial charge in [-0.1, -0.05) is 12.1 Å². The third kappa shape index (κ3) is 6.84. The van der Waals surface area contributed by atoms with E-state index in [2.05, 4.69) is 15.4 Å². The second kappa shape index (κ2) is 7.72. The van der Waals surface area contributed by atoms with Crippen LogP contribution in [0, 0.1) is 0 Å². The Bertz CT molecular complexity index is 466. The molecule has 1 rings (SSSR count). The van der Waals surface area contributed by atoms with E-state index in [1.807, 2.05) is 0 Å². The predicted molar refractivity (Wildman–Crippen MR) is 71.1 cm³/mol. The molecule has 0 radical (unpaired) electrons. The molecule has 1 amide bonds. The van der Waals surface area contributed by atoms with Gasteiger partial charge in [0.15, 0.2) is 5.75 Å². The molecule has 1 aromatic carbocycles. The van der Waals surface area contributed by atoms with Gasteiger partial charge in [-0.2, -0.15) is 0 Å². The Kier molecular flexibility index (Phi) is 6.29. The lowest BCUT2D eigenvalue weighted by molar-refractivity contribution is -0.274. The van der Waals surface area contributed by atoms with Crippen molar-refractivity contribution in [3.05, 3.63) is 24.3 Å². The van der Waals surface area contributed by atoms with Crippen LogP contribution in [-0.4, -0.2) is 38.6 Å². The van der Waals surface area contributed by atoms with Crippen LogP contribution in [-0.2, 0) is 9.53 Å². The van der Waals surface area contributed by atoms with E-state index in [1.54, 1.807) is 6.92 Å². The minimum atomic E-state index is -4.78. The van der Waals surface area contributed by atoms with E-state index in [-0.39, 0.29) is 29.9 Å². The first-order chi connectivity index (χ1) is 9.81. The van der Waals surface area contributed by atoms with E-state index in [0.29, 0.717) is 6.61 Å². The molecule has 21 heavy (non-hydrogen) atoms. The van der Waals surface area contributed by atoms with Crippen LogP contribution < -0.4 is 15.4 Å². The summed E-state index contributed by atoms with van der Waals surface area (Å²) in [5, 5.41) is 5.23. The molecule has 0 aromatic heterocycles. The minimum absolute atomic E-state index is 0.0874. The number of benzene rings is 1. The molecule has 0 aliphatic carbocycles. The van der Waals surface area contributed by atoms with E-state index >= 15 is 0 Å². The molecule has 5 nitrogen and oxygen atoms in total. The highest BCUT2D eigenvalue weighted by Gasteiger charge is 2.32. The summed E-state index contributed by atoms with van der Waals surface area (Å²) in [6.45, 7) is 1.92. The number of anilines is 1. The van der Waals surface area contributed by atoms with Gasteiger partial charge in [0.2, 0.25) is 5.91 Å². The zero-order valence-corrected chi connectivity index (χ0v) is 11.7. The van der Waals surface area contributed by atoms with Gasteiger partial charge in [0.05, 0.1) is 18.8 Å². The van der Waals surface area contributed by atoms with Gasteiger partial charge in [-0.25, -0.2) is 0 Å². The molecule has 0 fully saturated rings. The van der Waals surface area contributed by atoms with Crippen molar-refractivity contribution < 1.29 is 27.4 Å². The molecule has 1 atom stereocenters. The summed E-state index contributed by atoms with van der Waals surface area (Å²) in [5.74, 6) is -0.746. The van der Waals surface area contributed by atoms with Crippen molar-refractivity contribution in [2.45, 2.75) is 19.3 Å². The molecular weight excluding hydrogens is 289 g/mol. The number of para-hydroxylation sites is 2. The molecular formula is C13H17F3N2O3. The van der Waals surface area contributed by atoms with Crippen LogP contribution in [0.4, 0.5) is 18.9 Å². The van der Waals surface area contributed by atoms with Crippen molar-refractivity contribution in [3.63, 3.8) is 0 Å². The first kappa shape index (κ1) is 17.1. The monoisotopic (exact) mass is 306 g/mol. The highest BCUT2D eigenvalue weighted by molar-refractivity contribution is 5.81. The van der Waals surface area contributed by atoms with Crippen LogP contribution in [0.5, 0.6) is 5.75 Å². The van der Waals surface area contributed by atoms with Crippen molar-refractivity contribution in [2.24, 2.45) is 0 Å². The number of ether oxygens (including phenoxy) is 2. The Morgan fingerprint density at radius 1 is 1.33 bits per heavy atom. The quantitative estimate of drug-likeness (QED) is 0.810. The molecule has 0 aliphatic heterocycles.